The van der Waals surface area contributed by atoms with Crippen LogP contribution in [0.4, 0.5) is 4.79 Å². The number of hydrogen-bond acceptors (Lipinski definition) is 11. The van der Waals surface area contributed by atoms with Crippen molar-refractivity contribution >= 4 is 65.0 Å². The Morgan fingerprint density at radius 2 is 1.57 bits per heavy atom. The zero-order valence-electron chi connectivity index (χ0n) is 34.3. The summed E-state index contributed by atoms with van der Waals surface area (Å²) in [7, 11) is 0. The number of alkyl carbamates (subject to hydrolysis) is 1. The molecule has 4 atom stereocenters. The van der Waals surface area contributed by atoms with Crippen molar-refractivity contribution in [1.82, 2.24) is 26.2 Å². The number of nitrogens with one attached hydrogen (secondary N) is 4. The quantitative estimate of drug-likeness (QED) is 0.136. The number of rotatable bonds is 16. The van der Waals surface area contributed by atoms with E-state index in [0.717, 1.165) is 17.9 Å². The first-order valence-corrected chi connectivity index (χ1v) is 21.3. The molecule has 0 radical (unpaired) electrons. The lowest BCUT2D eigenvalue weighted by Gasteiger charge is -2.36. The van der Waals surface area contributed by atoms with Crippen LogP contribution in [-0.2, 0) is 38.2 Å². The predicted octanol–water partition coefficient (Wildman–Crippen LogP) is 4.51. The lowest BCUT2D eigenvalue weighted by molar-refractivity contribution is -0.158. The molecule has 312 valence electrons. The highest BCUT2D eigenvalue weighted by atomic mass is 32.2. The third kappa shape index (κ3) is 14.0. The number of amides is 5. The Kier molecular flexibility index (Phi) is 17.1. The topological polar surface area (TPSA) is 189 Å². The predicted molar refractivity (Wildman–Crippen MR) is 218 cm³/mol. The van der Waals surface area contributed by atoms with Crippen LogP contribution < -0.4 is 21.3 Å². The van der Waals surface area contributed by atoms with Crippen LogP contribution in [0.1, 0.15) is 106 Å². The van der Waals surface area contributed by atoms with Gasteiger partial charge in [0.05, 0.1) is 23.3 Å². The Balaban J connectivity index is 1.78. The molecule has 2 fully saturated rings. The van der Waals surface area contributed by atoms with Crippen LogP contribution >= 0.6 is 23.5 Å². The molecule has 2 saturated heterocycles. The summed E-state index contributed by atoms with van der Waals surface area (Å²) in [6.07, 6.45) is 1.91. The van der Waals surface area contributed by atoms with Crippen molar-refractivity contribution < 1.29 is 43.0 Å². The van der Waals surface area contributed by atoms with Gasteiger partial charge >= 0.3 is 12.1 Å². The van der Waals surface area contributed by atoms with E-state index in [1.54, 1.807) is 74.6 Å². The van der Waals surface area contributed by atoms with Crippen molar-refractivity contribution in [3.63, 3.8) is 0 Å². The van der Waals surface area contributed by atoms with Gasteiger partial charge in [0, 0.05) is 13.0 Å². The highest BCUT2D eigenvalue weighted by Crippen LogP contribution is 2.50. The second kappa shape index (κ2) is 20.6. The summed E-state index contributed by atoms with van der Waals surface area (Å²) in [5.41, 5.74) is -1.09. The largest absolute Gasteiger partial charge is 0.458 e. The van der Waals surface area contributed by atoms with Gasteiger partial charge in [-0.25, -0.2) is 9.59 Å². The summed E-state index contributed by atoms with van der Waals surface area (Å²) in [5.74, 6) is -2.66. The number of benzene rings is 1. The number of unbranched alkanes of at least 4 members (excludes halogenated alkanes) is 1. The standard InChI is InChI=1S/C40H61N5O9S2/c1-10-11-18-27(31(47)34(49)41-22-29(46)43-30(26-16-13-12-14-17-26)36(51)54-39(7,8)9)42-33(48)28-21-40(55-19-15-20-56-40)24-45(28)35(50)32(38(4,5)6)44-37(52)53-23-25(2)3/h12-14,16-17,25,27-28,30,32H,10-11,15,18-24H2,1-9H3,(H,41,49)(H,42,48)(H,43,46)(H,44,52)/t27-,28+,30?,32-/m1/s1. The van der Waals surface area contributed by atoms with Crippen LogP contribution in [0.5, 0.6) is 0 Å². The molecule has 56 heavy (non-hydrogen) atoms. The Morgan fingerprint density at radius 3 is 2.14 bits per heavy atom. The number of nitrogens with zero attached hydrogens (tertiary/aromatic N) is 1. The molecule has 2 aliphatic rings. The van der Waals surface area contributed by atoms with E-state index in [0.29, 0.717) is 24.8 Å². The van der Waals surface area contributed by atoms with Gasteiger partial charge in [-0.3, -0.25) is 24.0 Å². The number of esters is 1. The normalized spacial score (nSPS) is 18.3. The van der Waals surface area contributed by atoms with Crippen LogP contribution in [0.25, 0.3) is 0 Å². The van der Waals surface area contributed by atoms with Crippen molar-refractivity contribution in [2.45, 2.75) is 128 Å². The molecule has 3 rings (SSSR count). The summed E-state index contributed by atoms with van der Waals surface area (Å²) in [4.78, 5) is 95.8. The van der Waals surface area contributed by atoms with Gasteiger partial charge in [0.15, 0.2) is 6.04 Å². The molecule has 14 nitrogen and oxygen atoms in total. The lowest BCUT2D eigenvalue weighted by Crippen LogP contribution is -2.59. The number of likely N-dealkylation sites (tertiary alicyclic amines) is 1. The van der Waals surface area contributed by atoms with Crippen LogP contribution in [-0.4, -0.2) is 105 Å². The number of carbonyl (C=O) groups is 7. The van der Waals surface area contributed by atoms with Gasteiger partial charge in [0.1, 0.15) is 17.7 Å². The van der Waals surface area contributed by atoms with Crippen LogP contribution in [0.2, 0.25) is 0 Å². The first kappa shape index (κ1) is 46.6. The minimum absolute atomic E-state index is 0.0927. The zero-order valence-corrected chi connectivity index (χ0v) is 35.9. The van der Waals surface area contributed by atoms with E-state index in [2.05, 4.69) is 21.3 Å². The average Bonchev–Trinajstić information content (AvgIpc) is 3.49. The zero-order chi connectivity index (χ0) is 41.8. The molecule has 2 aliphatic heterocycles. The number of hydrogen-bond donors (Lipinski definition) is 4. The molecule has 4 N–H and O–H groups in total. The minimum Gasteiger partial charge on any atom is -0.458 e. The maximum absolute atomic E-state index is 14.4. The third-order valence-corrected chi connectivity index (χ3v) is 12.3. The van der Waals surface area contributed by atoms with Crippen molar-refractivity contribution in [3.8, 4) is 0 Å². The average molecular weight is 820 g/mol. The summed E-state index contributed by atoms with van der Waals surface area (Å²) < 4.78 is 10.4. The van der Waals surface area contributed by atoms with Crippen molar-refractivity contribution in [2.75, 3.05) is 31.2 Å². The maximum Gasteiger partial charge on any atom is 0.407 e. The van der Waals surface area contributed by atoms with E-state index in [4.69, 9.17) is 9.47 Å². The first-order chi connectivity index (χ1) is 26.2. The maximum atomic E-state index is 14.4. The molecule has 16 heteroatoms. The Bertz CT molecular complexity index is 1550. The molecule has 1 aromatic carbocycles. The number of thioether (sulfide) groups is 2. The van der Waals surface area contributed by atoms with Gasteiger partial charge in [-0.15, -0.1) is 23.5 Å². The van der Waals surface area contributed by atoms with E-state index in [-0.39, 0.29) is 25.5 Å². The molecule has 5 amide bonds. The summed E-state index contributed by atoms with van der Waals surface area (Å²) in [5, 5.41) is 10.4. The Morgan fingerprint density at radius 1 is 0.929 bits per heavy atom. The fourth-order valence-corrected chi connectivity index (χ4v) is 9.54. The van der Waals surface area contributed by atoms with Gasteiger partial charge < -0.3 is 35.6 Å². The Labute approximate surface area is 339 Å². The fourth-order valence-electron chi connectivity index (χ4n) is 6.19. The molecule has 1 unspecified atom stereocenters. The fraction of sp³-hybridized carbons (Fsp3) is 0.675. The van der Waals surface area contributed by atoms with Gasteiger partial charge in [0.2, 0.25) is 23.5 Å². The molecule has 0 aliphatic carbocycles. The van der Waals surface area contributed by atoms with E-state index in [1.807, 2.05) is 41.5 Å². The Hall–Kier alpha value is -3.79. The van der Waals surface area contributed by atoms with Crippen molar-refractivity contribution in [1.29, 1.82) is 0 Å². The highest BCUT2D eigenvalue weighted by molar-refractivity contribution is 8.18. The van der Waals surface area contributed by atoms with Crippen molar-refractivity contribution in [3.05, 3.63) is 35.9 Å². The van der Waals surface area contributed by atoms with E-state index in [1.165, 1.54) is 4.90 Å². The molecule has 2 heterocycles. The molecular weight excluding hydrogens is 759 g/mol. The summed E-state index contributed by atoms with van der Waals surface area (Å²) in [6.45, 7) is 16.1. The van der Waals surface area contributed by atoms with E-state index in [9.17, 15) is 33.6 Å². The van der Waals surface area contributed by atoms with Crippen LogP contribution in [0, 0.1) is 11.3 Å². The molecule has 0 bridgehead atoms. The third-order valence-electron chi connectivity index (χ3n) is 9.01. The van der Waals surface area contributed by atoms with E-state index >= 15 is 0 Å². The lowest BCUT2D eigenvalue weighted by atomic mass is 9.85. The summed E-state index contributed by atoms with van der Waals surface area (Å²) in [6, 6.07) is 4.12. The first-order valence-electron chi connectivity index (χ1n) is 19.4. The van der Waals surface area contributed by atoms with Gasteiger partial charge in [-0.1, -0.05) is 84.7 Å². The molecule has 1 aromatic rings. The number of ketones is 1. The second-order valence-corrected chi connectivity index (χ2v) is 20.0. The SMILES string of the molecule is CCCC[C@@H](NC(=O)[C@@H]1CC2(CN1C(=O)[C@@H](NC(=O)OCC(C)C)C(C)(C)C)SCCCS2)C(=O)C(=O)NCC(=O)NC(C(=O)OC(C)(C)C)c1ccccc1. The number of Topliss-reactive ketones (excluding diaryl/α,β-unsaturated/α-hetero) is 1. The molecule has 0 aromatic heterocycles. The van der Waals surface area contributed by atoms with Crippen LogP contribution in [0.15, 0.2) is 30.3 Å². The minimum atomic E-state index is -1.23. The van der Waals surface area contributed by atoms with Crippen LogP contribution in [0.3, 0.4) is 0 Å². The summed E-state index contributed by atoms with van der Waals surface area (Å²) >= 11 is 3.40. The van der Waals surface area contributed by atoms with Gasteiger partial charge in [-0.2, -0.15) is 0 Å². The number of carbonyl (C=O) groups excluding carboxylic acids is 7. The van der Waals surface area contributed by atoms with E-state index < -0.39 is 87.3 Å². The number of ether oxygens (including phenoxy) is 2. The highest BCUT2D eigenvalue weighted by Gasteiger charge is 2.53. The smallest absolute Gasteiger partial charge is 0.407 e. The van der Waals surface area contributed by atoms with Gasteiger partial charge in [-0.05, 0) is 62.0 Å². The van der Waals surface area contributed by atoms with Crippen molar-refractivity contribution in [2.24, 2.45) is 11.3 Å². The second-order valence-electron chi connectivity index (χ2n) is 16.8. The molecule has 1 spiro atoms. The van der Waals surface area contributed by atoms with Gasteiger partial charge in [0.25, 0.3) is 5.91 Å². The monoisotopic (exact) mass is 819 g/mol. The molecule has 0 saturated carbocycles. The molecular formula is C40H61N5O9S2.